The van der Waals surface area contributed by atoms with Gasteiger partial charge in [-0.2, -0.15) is 0 Å². The summed E-state index contributed by atoms with van der Waals surface area (Å²) in [4.78, 5) is 21.1. The highest BCUT2D eigenvalue weighted by Crippen LogP contribution is 2.43. The molecule has 4 heterocycles. The molecule has 0 saturated carbocycles. The van der Waals surface area contributed by atoms with Crippen LogP contribution in [0.3, 0.4) is 0 Å². The van der Waals surface area contributed by atoms with Gasteiger partial charge in [0, 0.05) is 36.2 Å². The predicted molar refractivity (Wildman–Crippen MR) is 153 cm³/mol. The number of aromatic nitrogens is 1. The molecule has 0 aliphatic carbocycles. The Morgan fingerprint density at radius 2 is 1.79 bits per heavy atom. The number of benzene rings is 2. The van der Waals surface area contributed by atoms with Gasteiger partial charge >= 0.3 is 5.97 Å². The highest BCUT2D eigenvalue weighted by Gasteiger charge is 2.42. The molecule has 0 amide bonds. The fourth-order valence-electron chi connectivity index (χ4n) is 5.15. The van der Waals surface area contributed by atoms with Crippen LogP contribution in [0.2, 0.25) is 0 Å². The Hall–Kier alpha value is -4.21. The van der Waals surface area contributed by atoms with Crippen LogP contribution in [0.5, 0.6) is 0 Å². The zero-order valence-corrected chi connectivity index (χ0v) is 22.3. The Morgan fingerprint density at radius 1 is 1.00 bits per heavy atom. The predicted octanol–water partition coefficient (Wildman–Crippen LogP) is 5.14. The van der Waals surface area contributed by atoms with Crippen LogP contribution in [0.4, 0.5) is 11.4 Å². The van der Waals surface area contributed by atoms with E-state index in [1.807, 2.05) is 42.5 Å². The van der Waals surface area contributed by atoms with Crippen LogP contribution in [0.25, 0.3) is 11.3 Å². The Kier molecular flexibility index (Phi) is 7.00. The van der Waals surface area contributed by atoms with Crippen molar-refractivity contribution in [3.63, 3.8) is 0 Å². The molecule has 6 rings (SSSR count). The lowest BCUT2D eigenvalue weighted by molar-refractivity contribution is 0.0600. The normalized spacial score (nSPS) is 19.2. The number of ether oxygens (including phenoxy) is 2. The lowest BCUT2D eigenvalue weighted by Gasteiger charge is -2.30. The minimum absolute atomic E-state index is 0.224. The van der Waals surface area contributed by atoms with E-state index in [4.69, 9.17) is 26.1 Å². The average molecular weight is 541 g/mol. The third-order valence-electron chi connectivity index (χ3n) is 7.09. The van der Waals surface area contributed by atoms with Gasteiger partial charge in [-0.25, -0.2) is 4.79 Å². The van der Waals surface area contributed by atoms with Crippen molar-refractivity contribution in [3.8, 4) is 11.3 Å². The molecule has 0 spiro atoms. The van der Waals surface area contributed by atoms with Gasteiger partial charge in [-0.05, 0) is 72.9 Å². The average Bonchev–Trinajstić information content (AvgIpc) is 3.62. The molecular formula is C30H28N4O4S. The smallest absolute Gasteiger partial charge is 0.337 e. The molecule has 0 bridgehead atoms. The molecule has 2 atom stereocenters. The summed E-state index contributed by atoms with van der Waals surface area (Å²) in [7, 11) is 1.37. The molecule has 9 heteroatoms. The van der Waals surface area contributed by atoms with E-state index in [0.29, 0.717) is 16.4 Å². The summed E-state index contributed by atoms with van der Waals surface area (Å²) in [5.74, 6) is 0.987. The molecule has 2 aliphatic rings. The molecule has 1 N–H and O–H groups in total. The SMILES string of the molecule is COC(=O)c1cccc(-c2ccc(C3C(c4ccccn4)NC(=S)N3c3ccc(N4CCOCC4)cc3)o2)c1. The summed E-state index contributed by atoms with van der Waals surface area (Å²) in [6.07, 6.45) is 1.78. The van der Waals surface area contributed by atoms with Crippen molar-refractivity contribution in [2.24, 2.45) is 0 Å². The van der Waals surface area contributed by atoms with Crippen LogP contribution in [0, 0.1) is 0 Å². The quantitative estimate of drug-likeness (QED) is 0.264. The number of esters is 1. The monoisotopic (exact) mass is 540 g/mol. The standard InChI is InChI=1S/C30H28N4O4S/c1-36-29(35)21-6-4-5-20(19-21)25-12-13-26(38-25)28-27(24-7-2-3-14-31-24)32-30(39)34(28)23-10-8-22(9-11-23)33-15-17-37-18-16-33/h2-14,19,27-28H,15-18H2,1H3,(H,32,39). The van der Waals surface area contributed by atoms with Crippen molar-refractivity contribution in [2.75, 3.05) is 43.2 Å². The molecule has 2 aromatic carbocycles. The zero-order chi connectivity index (χ0) is 26.8. The molecule has 2 saturated heterocycles. The summed E-state index contributed by atoms with van der Waals surface area (Å²) in [5.41, 5.74) is 4.23. The largest absolute Gasteiger partial charge is 0.465 e. The highest BCUT2D eigenvalue weighted by atomic mass is 32.1. The van der Waals surface area contributed by atoms with Crippen LogP contribution >= 0.6 is 12.2 Å². The molecule has 8 nitrogen and oxygen atoms in total. The second kappa shape index (κ2) is 10.9. The van der Waals surface area contributed by atoms with Gasteiger partial charge < -0.3 is 29.0 Å². The van der Waals surface area contributed by atoms with Gasteiger partial charge in [-0.3, -0.25) is 4.98 Å². The van der Waals surface area contributed by atoms with Crippen molar-refractivity contribution in [1.82, 2.24) is 10.3 Å². The zero-order valence-electron chi connectivity index (χ0n) is 21.4. The lowest BCUT2D eigenvalue weighted by atomic mass is 10.0. The maximum absolute atomic E-state index is 12.1. The van der Waals surface area contributed by atoms with Crippen molar-refractivity contribution in [3.05, 3.63) is 102 Å². The number of morpholine rings is 1. The summed E-state index contributed by atoms with van der Waals surface area (Å²) >= 11 is 5.86. The number of nitrogens with one attached hydrogen (secondary N) is 1. The van der Waals surface area contributed by atoms with E-state index in [1.165, 1.54) is 7.11 Å². The molecule has 39 heavy (non-hydrogen) atoms. The highest BCUT2D eigenvalue weighted by molar-refractivity contribution is 7.80. The maximum Gasteiger partial charge on any atom is 0.337 e. The van der Waals surface area contributed by atoms with E-state index in [9.17, 15) is 4.79 Å². The topological polar surface area (TPSA) is 80.1 Å². The number of furan rings is 1. The van der Waals surface area contributed by atoms with E-state index < -0.39 is 5.97 Å². The number of anilines is 2. The van der Waals surface area contributed by atoms with Gasteiger partial charge in [0.15, 0.2) is 5.11 Å². The van der Waals surface area contributed by atoms with Gasteiger partial charge in [-0.1, -0.05) is 18.2 Å². The third kappa shape index (κ3) is 4.98. The number of nitrogens with zero attached hydrogens (tertiary/aromatic N) is 3. The molecule has 198 valence electrons. The lowest BCUT2D eigenvalue weighted by Crippen LogP contribution is -2.36. The minimum Gasteiger partial charge on any atom is -0.465 e. The molecule has 2 aromatic heterocycles. The first-order valence-electron chi connectivity index (χ1n) is 12.8. The van der Waals surface area contributed by atoms with E-state index in [-0.39, 0.29) is 12.1 Å². The second-order valence-corrected chi connectivity index (χ2v) is 9.77. The second-order valence-electron chi connectivity index (χ2n) is 9.39. The van der Waals surface area contributed by atoms with Crippen LogP contribution in [0.15, 0.2) is 89.5 Å². The Bertz CT molecular complexity index is 1470. The van der Waals surface area contributed by atoms with Crippen LogP contribution in [-0.4, -0.2) is 49.5 Å². The van der Waals surface area contributed by atoms with Crippen molar-refractivity contribution in [2.45, 2.75) is 12.1 Å². The van der Waals surface area contributed by atoms with Gasteiger partial charge in [0.1, 0.15) is 17.6 Å². The number of thiocarbonyl (C=S) groups is 1. The van der Waals surface area contributed by atoms with Crippen LogP contribution in [-0.2, 0) is 9.47 Å². The first-order valence-corrected chi connectivity index (χ1v) is 13.2. The van der Waals surface area contributed by atoms with Gasteiger partial charge in [0.2, 0.25) is 0 Å². The summed E-state index contributed by atoms with van der Waals surface area (Å²) in [6.45, 7) is 3.22. The third-order valence-corrected chi connectivity index (χ3v) is 7.40. The number of pyridine rings is 1. The van der Waals surface area contributed by atoms with Gasteiger partial charge in [-0.15, -0.1) is 0 Å². The number of methoxy groups -OCH3 is 1. The summed E-state index contributed by atoms with van der Waals surface area (Å²) in [5, 5.41) is 4.07. The number of hydrogen-bond donors (Lipinski definition) is 1. The fraction of sp³-hybridized carbons (Fsp3) is 0.233. The molecule has 2 unspecified atom stereocenters. The summed E-state index contributed by atoms with van der Waals surface area (Å²) < 4.78 is 16.8. The van der Waals surface area contributed by atoms with E-state index in [2.05, 4.69) is 44.4 Å². The van der Waals surface area contributed by atoms with E-state index in [0.717, 1.165) is 54.7 Å². The van der Waals surface area contributed by atoms with E-state index >= 15 is 0 Å². The number of hydrogen-bond acceptors (Lipinski definition) is 7. The van der Waals surface area contributed by atoms with Gasteiger partial charge in [0.25, 0.3) is 0 Å². The van der Waals surface area contributed by atoms with Gasteiger partial charge in [0.05, 0.1) is 37.6 Å². The molecule has 2 fully saturated rings. The van der Waals surface area contributed by atoms with Crippen molar-refractivity contribution in [1.29, 1.82) is 0 Å². The number of rotatable bonds is 6. The molecular weight excluding hydrogens is 512 g/mol. The van der Waals surface area contributed by atoms with Crippen LogP contribution < -0.4 is 15.1 Å². The van der Waals surface area contributed by atoms with Crippen LogP contribution in [0.1, 0.15) is 33.9 Å². The van der Waals surface area contributed by atoms with E-state index in [1.54, 1.807) is 18.3 Å². The Morgan fingerprint density at radius 3 is 2.54 bits per heavy atom. The van der Waals surface area contributed by atoms with Crippen molar-refractivity contribution >= 4 is 34.7 Å². The van der Waals surface area contributed by atoms with Crippen molar-refractivity contribution < 1.29 is 18.7 Å². The molecule has 4 aromatic rings. The number of carbonyl (C=O) groups excluding carboxylic acids is 1. The first-order chi connectivity index (χ1) is 19.1. The minimum atomic E-state index is -0.393. The maximum atomic E-state index is 12.1. The first kappa shape index (κ1) is 25.1. The Labute approximate surface area is 232 Å². The molecule has 2 aliphatic heterocycles. The molecule has 0 radical (unpaired) electrons. The fourth-order valence-corrected chi connectivity index (χ4v) is 5.50. The number of carbonyl (C=O) groups is 1. The summed E-state index contributed by atoms with van der Waals surface area (Å²) in [6, 6.07) is 24.9. The Balaban J connectivity index is 1.36.